The minimum absolute atomic E-state index is 0.413. The smallest absolute Gasteiger partial charge is 0.313 e. The summed E-state index contributed by atoms with van der Waals surface area (Å²) in [6, 6.07) is 6.63. The lowest BCUT2D eigenvalue weighted by Crippen LogP contribution is -2.42. The van der Waals surface area contributed by atoms with Gasteiger partial charge >= 0.3 is 11.8 Å². The number of benzene rings is 1. The number of piperidine rings is 1. The van der Waals surface area contributed by atoms with Gasteiger partial charge in [0, 0.05) is 30.9 Å². The standard InChI is InChI=1S/C17H24ClN3O3/c1-24-11-10-21-8-6-13(7-9-21)12-19-16(22)17(23)20-15-4-2-14(18)3-5-15/h2-5,13H,6-12H2,1H3,(H,19,22)(H,20,23). The molecule has 0 aromatic heterocycles. The number of nitrogens with one attached hydrogen (secondary N) is 2. The van der Waals surface area contributed by atoms with Gasteiger partial charge in [-0.25, -0.2) is 0 Å². The summed E-state index contributed by atoms with van der Waals surface area (Å²) in [5.41, 5.74) is 0.547. The third kappa shape index (κ3) is 6.11. The summed E-state index contributed by atoms with van der Waals surface area (Å²) in [5.74, 6) is -0.849. The molecule has 2 N–H and O–H groups in total. The Morgan fingerprint density at radius 3 is 2.50 bits per heavy atom. The predicted molar refractivity (Wildman–Crippen MR) is 94.1 cm³/mol. The number of rotatable bonds is 6. The van der Waals surface area contributed by atoms with Gasteiger partial charge in [-0.3, -0.25) is 9.59 Å². The average molecular weight is 354 g/mol. The summed E-state index contributed by atoms with van der Waals surface area (Å²) in [5, 5.41) is 5.85. The molecular weight excluding hydrogens is 330 g/mol. The molecule has 24 heavy (non-hydrogen) atoms. The van der Waals surface area contributed by atoms with Gasteiger partial charge in [0.05, 0.1) is 6.61 Å². The monoisotopic (exact) mass is 353 g/mol. The fourth-order valence-electron chi connectivity index (χ4n) is 2.67. The van der Waals surface area contributed by atoms with E-state index in [1.165, 1.54) is 0 Å². The van der Waals surface area contributed by atoms with E-state index < -0.39 is 11.8 Å². The number of methoxy groups -OCH3 is 1. The number of halogens is 1. The van der Waals surface area contributed by atoms with Crippen LogP contribution in [-0.4, -0.2) is 56.6 Å². The molecule has 1 aromatic carbocycles. The van der Waals surface area contributed by atoms with Crippen LogP contribution in [0.3, 0.4) is 0 Å². The largest absolute Gasteiger partial charge is 0.383 e. The maximum absolute atomic E-state index is 11.9. The molecule has 1 aromatic rings. The predicted octanol–water partition coefficient (Wildman–Crippen LogP) is 1.75. The van der Waals surface area contributed by atoms with E-state index in [4.69, 9.17) is 16.3 Å². The molecule has 2 rings (SSSR count). The van der Waals surface area contributed by atoms with Crippen LogP contribution in [0.1, 0.15) is 12.8 Å². The van der Waals surface area contributed by atoms with E-state index in [0.29, 0.717) is 23.2 Å². The Morgan fingerprint density at radius 2 is 1.88 bits per heavy atom. The van der Waals surface area contributed by atoms with Gasteiger partial charge in [0.1, 0.15) is 0 Å². The summed E-state index contributed by atoms with van der Waals surface area (Å²) in [6.45, 7) is 4.22. The number of nitrogens with zero attached hydrogens (tertiary/aromatic N) is 1. The van der Waals surface area contributed by atoms with Crippen molar-refractivity contribution in [2.75, 3.05) is 45.2 Å². The Kier molecular flexibility index (Phi) is 7.49. The average Bonchev–Trinajstić information content (AvgIpc) is 2.60. The molecule has 0 bridgehead atoms. The zero-order valence-electron chi connectivity index (χ0n) is 13.9. The molecule has 1 heterocycles. The maximum Gasteiger partial charge on any atom is 0.313 e. The number of carbonyl (C=O) groups excluding carboxylic acids is 2. The summed E-state index contributed by atoms with van der Waals surface area (Å²) in [7, 11) is 1.71. The molecule has 7 heteroatoms. The molecular formula is C17H24ClN3O3. The second kappa shape index (κ2) is 9.61. The van der Waals surface area contributed by atoms with Gasteiger partial charge in [0.25, 0.3) is 0 Å². The van der Waals surface area contributed by atoms with Gasteiger partial charge in [-0.05, 0) is 56.1 Å². The lowest BCUT2D eigenvalue weighted by atomic mass is 9.97. The van der Waals surface area contributed by atoms with E-state index in [0.717, 1.165) is 39.1 Å². The van der Waals surface area contributed by atoms with E-state index >= 15 is 0 Å². The van der Waals surface area contributed by atoms with Crippen molar-refractivity contribution in [2.45, 2.75) is 12.8 Å². The number of hydrogen-bond donors (Lipinski definition) is 2. The van der Waals surface area contributed by atoms with Crippen LogP contribution in [0.4, 0.5) is 5.69 Å². The molecule has 0 atom stereocenters. The van der Waals surface area contributed by atoms with E-state index in [1.807, 2.05) is 0 Å². The molecule has 1 aliphatic heterocycles. The topological polar surface area (TPSA) is 70.7 Å². The highest BCUT2D eigenvalue weighted by molar-refractivity contribution is 6.39. The second-order valence-electron chi connectivity index (χ2n) is 5.95. The Bertz CT molecular complexity index is 543. The number of hydrogen-bond acceptors (Lipinski definition) is 4. The Labute approximate surface area is 147 Å². The third-order valence-corrected chi connectivity index (χ3v) is 4.43. The third-order valence-electron chi connectivity index (χ3n) is 4.18. The minimum Gasteiger partial charge on any atom is -0.383 e. The molecule has 0 aliphatic carbocycles. The van der Waals surface area contributed by atoms with Crippen LogP contribution >= 0.6 is 11.6 Å². The summed E-state index contributed by atoms with van der Waals surface area (Å²) in [4.78, 5) is 26.1. The lowest BCUT2D eigenvalue weighted by Gasteiger charge is -2.31. The molecule has 1 fully saturated rings. The van der Waals surface area contributed by atoms with Crippen LogP contribution in [0, 0.1) is 5.92 Å². The Balaban J connectivity index is 1.67. The van der Waals surface area contributed by atoms with Crippen LogP contribution in [0.25, 0.3) is 0 Å². The van der Waals surface area contributed by atoms with E-state index in [2.05, 4.69) is 15.5 Å². The van der Waals surface area contributed by atoms with Crippen LogP contribution in [-0.2, 0) is 14.3 Å². The van der Waals surface area contributed by atoms with Gasteiger partial charge in [-0.2, -0.15) is 0 Å². The Morgan fingerprint density at radius 1 is 1.21 bits per heavy atom. The minimum atomic E-state index is -0.658. The highest BCUT2D eigenvalue weighted by atomic mass is 35.5. The van der Waals surface area contributed by atoms with Gasteiger partial charge in [-0.1, -0.05) is 11.6 Å². The highest BCUT2D eigenvalue weighted by Crippen LogP contribution is 2.16. The zero-order chi connectivity index (χ0) is 17.4. The molecule has 132 valence electrons. The first-order valence-electron chi connectivity index (χ1n) is 8.14. The fraction of sp³-hybridized carbons (Fsp3) is 0.529. The number of ether oxygens (including phenoxy) is 1. The normalized spacial score (nSPS) is 15.9. The molecule has 2 amide bonds. The SMILES string of the molecule is COCCN1CCC(CNC(=O)C(=O)Nc2ccc(Cl)cc2)CC1. The first-order valence-corrected chi connectivity index (χ1v) is 8.52. The van der Waals surface area contributed by atoms with Crippen molar-refractivity contribution in [1.29, 1.82) is 0 Å². The lowest BCUT2D eigenvalue weighted by molar-refractivity contribution is -0.136. The molecule has 1 saturated heterocycles. The fourth-order valence-corrected chi connectivity index (χ4v) is 2.80. The molecule has 0 radical (unpaired) electrons. The van der Waals surface area contributed by atoms with Gasteiger partial charge < -0.3 is 20.3 Å². The molecule has 6 nitrogen and oxygen atoms in total. The molecule has 1 aliphatic rings. The quantitative estimate of drug-likeness (QED) is 0.764. The van der Waals surface area contributed by atoms with Crippen molar-refractivity contribution in [3.63, 3.8) is 0 Å². The van der Waals surface area contributed by atoms with Crippen LogP contribution < -0.4 is 10.6 Å². The van der Waals surface area contributed by atoms with Gasteiger partial charge in [-0.15, -0.1) is 0 Å². The van der Waals surface area contributed by atoms with Crippen molar-refractivity contribution in [3.8, 4) is 0 Å². The van der Waals surface area contributed by atoms with Gasteiger partial charge in [0.2, 0.25) is 0 Å². The van der Waals surface area contributed by atoms with Crippen LogP contribution in [0.2, 0.25) is 5.02 Å². The first-order chi connectivity index (χ1) is 11.6. The zero-order valence-corrected chi connectivity index (χ0v) is 14.6. The molecule has 0 saturated carbocycles. The van der Waals surface area contributed by atoms with Crippen molar-refractivity contribution < 1.29 is 14.3 Å². The van der Waals surface area contributed by atoms with Gasteiger partial charge in [0.15, 0.2) is 0 Å². The van der Waals surface area contributed by atoms with Crippen LogP contribution in [0.5, 0.6) is 0 Å². The number of anilines is 1. The van der Waals surface area contributed by atoms with E-state index in [9.17, 15) is 9.59 Å². The second-order valence-corrected chi connectivity index (χ2v) is 6.39. The van der Waals surface area contributed by atoms with Crippen molar-refractivity contribution in [3.05, 3.63) is 29.3 Å². The molecule has 0 spiro atoms. The number of likely N-dealkylation sites (tertiary alicyclic amines) is 1. The van der Waals surface area contributed by atoms with E-state index in [1.54, 1.807) is 31.4 Å². The van der Waals surface area contributed by atoms with Crippen molar-refractivity contribution >= 4 is 29.1 Å². The van der Waals surface area contributed by atoms with Crippen molar-refractivity contribution in [2.24, 2.45) is 5.92 Å². The van der Waals surface area contributed by atoms with Crippen molar-refractivity contribution in [1.82, 2.24) is 10.2 Å². The summed E-state index contributed by atoms with van der Waals surface area (Å²) < 4.78 is 5.08. The maximum atomic E-state index is 11.9. The number of amides is 2. The van der Waals surface area contributed by atoms with E-state index in [-0.39, 0.29) is 0 Å². The molecule has 0 unspecified atom stereocenters. The summed E-state index contributed by atoms with van der Waals surface area (Å²) in [6.07, 6.45) is 2.03. The number of carbonyl (C=O) groups is 2. The first kappa shape index (κ1) is 18.7. The van der Waals surface area contributed by atoms with Crippen LogP contribution in [0.15, 0.2) is 24.3 Å². The Hall–Kier alpha value is -1.63. The highest BCUT2D eigenvalue weighted by Gasteiger charge is 2.21. The summed E-state index contributed by atoms with van der Waals surface area (Å²) >= 11 is 5.78.